The Morgan fingerprint density at radius 1 is 1.11 bits per heavy atom. The predicted octanol–water partition coefficient (Wildman–Crippen LogP) is 2.59. The molecule has 5 heterocycles. The van der Waals surface area contributed by atoms with Crippen LogP contribution >= 0.6 is 0 Å². The van der Waals surface area contributed by atoms with E-state index in [1.54, 1.807) is 0 Å². The van der Waals surface area contributed by atoms with E-state index in [0.717, 1.165) is 58.9 Å². The monoisotopic (exact) mass is 361 g/mol. The van der Waals surface area contributed by atoms with Crippen molar-refractivity contribution in [2.24, 2.45) is 7.05 Å². The number of anilines is 1. The average molecular weight is 361 g/mol. The summed E-state index contributed by atoms with van der Waals surface area (Å²) < 4.78 is 7.13. The van der Waals surface area contributed by atoms with E-state index in [1.165, 1.54) is 11.9 Å². The largest absolute Gasteiger partial charge is 0.351 e. The maximum Gasteiger partial charge on any atom is 0.263 e. The molecule has 0 spiro atoms. The standard InChI is InChI=1S/C19H19N7O/c1-11-15(9-25(3)23-11)13-6-14-8-26(5-4-16(14)20-7-13)18-17-12(2)24-27-19(17)22-10-21-18/h6-7,9-10H,4-5,8H2,1-3H3. The summed E-state index contributed by atoms with van der Waals surface area (Å²) in [5.41, 5.74) is 6.90. The van der Waals surface area contributed by atoms with Gasteiger partial charge in [0.25, 0.3) is 5.71 Å². The summed E-state index contributed by atoms with van der Waals surface area (Å²) >= 11 is 0. The molecule has 0 saturated heterocycles. The normalized spacial score (nSPS) is 14.0. The summed E-state index contributed by atoms with van der Waals surface area (Å²) in [4.78, 5) is 15.7. The van der Waals surface area contributed by atoms with E-state index < -0.39 is 0 Å². The molecule has 0 radical (unpaired) electrons. The average Bonchev–Trinajstić information content (AvgIpc) is 3.22. The van der Waals surface area contributed by atoms with Crippen molar-refractivity contribution < 1.29 is 4.52 Å². The van der Waals surface area contributed by atoms with Gasteiger partial charge in [-0.05, 0) is 25.5 Å². The Morgan fingerprint density at radius 3 is 2.81 bits per heavy atom. The van der Waals surface area contributed by atoms with Crippen molar-refractivity contribution in [1.29, 1.82) is 0 Å². The van der Waals surface area contributed by atoms with Crippen LogP contribution < -0.4 is 4.90 Å². The fraction of sp³-hybridized carbons (Fsp3) is 0.316. The summed E-state index contributed by atoms with van der Waals surface area (Å²) in [5, 5.41) is 9.36. The Kier molecular flexibility index (Phi) is 3.46. The Balaban J connectivity index is 1.54. The summed E-state index contributed by atoms with van der Waals surface area (Å²) in [7, 11) is 1.94. The van der Waals surface area contributed by atoms with Gasteiger partial charge in [0.1, 0.15) is 17.5 Å². The number of hydrogen-bond acceptors (Lipinski definition) is 7. The van der Waals surface area contributed by atoms with E-state index in [9.17, 15) is 0 Å². The van der Waals surface area contributed by atoms with Crippen molar-refractivity contribution >= 4 is 16.9 Å². The summed E-state index contributed by atoms with van der Waals surface area (Å²) in [5.74, 6) is 0.868. The van der Waals surface area contributed by atoms with Gasteiger partial charge in [0.2, 0.25) is 0 Å². The highest BCUT2D eigenvalue weighted by atomic mass is 16.5. The van der Waals surface area contributed by atoms with E-state index in [4.69, 9.17) is 9.51 Å². The zero-order chi connectivity index (χ0) is 18.5. The van der Waals surface area contributed by atoms with Crippen LogP contribution in [0.1, 0.15) is 22.6 Å². The first-order valence-electron chi connectivity index (χ1n) is 8.90. The van der Waals surface area contributed by atoms with Crippen molar-refractivity contribution in [3.63, 3.8) is 0 Å². The fourth-order valence-electron chi connectivity index (χ4n) is 3.78. The van der Waals surface area contributed by atoms with E-state index in [2.05, 4.69) is 31.2 Å². The Bertz CT molecular complexity index is 1160. The van der Waals surface area contributed by atoms with Crippen LogP contribution in [0.4, 0.5) is 5.82 Å². The molecule has 0 fully saturated rings. The van der Waals surface area contributed by atoms with Gasteiger partial charge >= 0.3 is 0 Å². The lowest BCUT2D eigenvalue weighted by molar-refractivity contribution is 0.442. The first-order chi connectivity index (χ1) is 13.1. The topological polar surface area (TPSA) is 85.8 Å². The summed E-state index contributed by atoms with van der Waals surface area (Å²) in [6.07, 6.45) is 6.39. The van der Waals surface area contributed by atoms with Crippen LogP contribution in [-0.2, 0) is 20.0 Å². The molecule has 4 aromatic rings. The van der Waals surface area contributed by atoms with Crippen molar-refractivity contribution in [2.75, 3.05) is 11.4 Å². The SMILES string of the molecule is Cc1nn(C)cc1-c1cnc2c(c1)CN(c1ncnc3onc(C)c13)CC2. The van der Waals surface area contributed by atoms with Crippen molar-refractivity contribution in [3.8, 4) is 11.1 Å². The van der Waals surface area contributed by atoms with Gasteiger partial charge in [-0.15, -0.1) is 0 Å². The van der Waals surface area contributed by atoms with E-state index >= 15 is 0 Å². The maximum absolute atomic E-state index is 5.29. The van der Waals surface area contributed by atoms with Gasteiger partial charge in [-0.25, -0.2) is 4.98 Å². The van der Waals surface area contributed by atoms with Crippen molar-refractivity contribution in [1.82, 2.24) is 29.9 Å². The number of nitrogens with zero attached hydrogens (tertiary/aromatic N) is 7. The van der Waals surface area contributed by atoms with Crippen LogP contribution in [0.2, 0.25) is 0 Å². The molecule has 1 aliphatic rings. The van der Waals surface area contributed by atoms with Crippen molar-refractivity contribution in [3.05, 3.63) is 47.4 Å². The van der Waals surface area contributed by atoms with Gasteiger partial charge in [-0.2, -0.15) is 10.1 Å². The maximum atomic E-state index is 5.29. The molecular weight excluding hydrogens is 342 g/mol. The Morgan fingerprint density at radius 2 is 2.00 bits per heavy atom. The molecule has 27 heavy (non-hydrogen) atoms. The van der Waals surface area contributed by atoms with Gasteiger partial charge in [-0.3, -0.25) is 9.67 Å². The zero-order valence-electron chi connectivity index (χ0n) is 15.5. The second-order valence-corrected chi connectivity index (χ2v) is 6.95. The highest BCUT2D eigenvalue weighted by Gasteiger charge is 2.23. The minimum Gasteiger partial charge on any atom is -0.351 e. The molecule has 0 aliphatic carbocycles. The third-order valence-corrected chi connectivity index (χ3v) is 5.09. The molecule has 136 valence electrons. The molecule has 0 unspecified atom stereocenters. The third-order valence-electron chi connectivity index (χ3n) is 5.09. The number of aryl methyl sites for hydroxylation is 3. The second-order valence-electron chi connectivity index (χ2n) is 6.95. The molecule has 0 aromatic carbocycles. The lowest BCUT2D eigenvalue weighted by Gasteiger charge is -2.29. The van der Waals surface area contributed by atoms with Crippen LogP contribution in [0.3, 0.4) is 0 Å². The number of rotatable bonds is 2. The lowest BCUT2D eigenvalue weighted by Crippen LogP contribution is -2.31. The number of pyridine rings is 1. The van der Waals surface area contributed by atoms with Crippen LogP contribution in [0, 0.1) is 13.8 Å². The molecule has 0 amide bonds. The first kappa shape index (κ1) is 15.9. The number of fused-ring (bicyclic) bond motifs is 2. The van der Waals surface area contributed by atoms with Gasteiger partial charge in [-0.1, -0.05) is 5.16 Å². The molecule has 8 nitrogen and oxygen atoms in total. The van der Waals surface area contributed by atoms with Crippen LogP contribution in [0.25, 0.3) is 22.2 Å². The van der Waals surface area contributed by atoms with E-state index in [-0.39, 0.29) is 0 Å². The van der Waals surface area contributed by atoms with Gasteiger partial charge in [0.05, 0.1) is 11.4 Å². The molecule has 8 heteroatoms. The molecule has 4 aromatic heterocycles. The highest BCUT2D eigenvalue weighted by molar-refractivity contribution is 5.88. The molecular formula is C19H19N7O. The molecule has 0 saturated carbocycles. The van der Waals surface area contributed by atoms with Gasteiger partial charge in [0, 0.05) is 55.8 Å². The second kappa shape index (κ2) is 5.87. The quantitative estimate of drug-likeness (QED) is 0.542. The number of aromatic nitrogens is 6. The predicted molar refractivity (Wildman–Crippen MR) is 100 cm³/mol. The smallest absolute Gasteiger partial charge is 0.263 e. The van der Waals surface area contributed by atoms with E-state index in [1.807, 2.05) is 38.0 Å². The molecule has 0 N–H and O–H groups in total. The van der Waals surface area contributed by atoms with Crippen LogP contribution in [0.15, 0.2) is 29.3 Å². The summed E-state index contributed by atoms with van der Waals surface area (Å²) in [6.45, 7) is 5.53. The third kappa shape index (κ3) is 2.56. The minimum absolute atomic E-state index is 0.529. The zero-order valence-corrected chi connectivity index (χ0v) is 15.5. The molecule has 0 atom stereocenters. The van der Waals surface area contributed by atoms with Gasteiger partial charge in [0.15, 0.2) is 0 Å². The van der Waals surface area contributed by atoms with Crippen LogP contribution in [0.5, 0.6) is 0 Å². The molecule has 0 bridgehead atoms. The number of hydrogen-bond donors (Lipinski definition) is 0. The van der Waals surface area contributed by atoms with Crippen LogP contribution in [-0.4, -0.2) is 36.4 Å². The molecule has 1 aliphatic heterocycles. The highest BCUT2D eigenvalue weighted by Crippen LogP contribution is 2.31. The Hall–Kier alpha value is -3.29. The lowest BCUT2D eigenvalue weighted by atomic mass is 10.0. The fourth-order valence-corrected chi connectivity index (χ4v) is 3.78. The van der Waals surface area contributed by atoms with E-state index in [0.29, 0.717) is 5.71 Å². The Labute approximate surface area is 155 Å². The molecule has 5 rings (SSSR count). The van der Waals surface area contributed by atoms with Crippen molar-refractivity contribution in [2.45, 2.75) is 26.8 Å². The minimum atomic E-state index is 0.529. The van der Waals surface area contributed by atoms with Gasteiger partial charge < -0.3 is 9.42 Å². The first-order valence-corrected chi connectivity index (χ1v) is 8.90. The summed E-state index contributed by atoms with van der Waals surface area (Å²) in [6, 6.07) is 2.22.